The molecule has 6 heteroatoms. The van der Waals surface area contributed by atoms with E-state index in [1.165, 1.54) is 0 Å². The first-order chi connectivity index (χ1) is 9.50. The van der Waals surface area contributed by atoms with Crippen molar-refractivity contribution < 1.29 is 0 Å². The largest absolute Gasteiger partial charge is 0.351 e. The highest BCUT2D eigenvalue weighted by molar-refractivity contribution is 8.00. The molecule has 1 aromatic heterocycles. The molecule has 1 aliphatic rings. The molecule has 20 heavy (non-hydrogen) atoms. The van der Waals surface area contributed by atoms with Gasteiger partial charge in [-0.3, -0.25) is 4.99 Å². The third kappa shape index (κ3) is 4.10. The monoisotopic (exact) mass is 293 g/mol. The average molecular weight is 293 g/mol. The van der Waals surface area contributed by atoms with Gasteiger partial charge in [-0.1, -0.05) is 0 Å². The number of hydrogen-bond donors (Lipinski definition) is 1. The van der Waals surface area contributed by atoms with E-state index >= 15 is 0 Å². The van der Waals surface area contributed by atoms with Crippen molar-refractivity contribution in [2.45, 2.75) is 32.1 Å². The highest BCUT2D eigenvalue weighted by Crippen LogP contribution is 2.29. The smallest absolute Gasteiger partial charge is 0.194 e. The summed E-state index contributed by atoms with van der Waals surface area (Å²) in [6.07, 6.45) is 1.79. The van der Waals surface area contributed by atoms with Crippen LogP contribution in [0.5, 0.6) is 0 Å². The van der Waals surface area contributed by atoms with Crippen molar-refractivity contribution >= 4 is 17.7 Å². The van der Waals surface area contributed by atoms with E-state index < -0.39 is 0 Å². The number of nitrogens with one attached hydrogen (secondary N) is 1. The van der Waals surface area contributed by atoms with E-state index in [0.29, 0.717) is 6.54 Å². The minimum atomic E-state index is 0.279. The third-order valence-electron chi connectivity index (χ3n) is 3.20. The Bertz CT molecular complexity index is 486. The van der Waals surface area contributed by atoms with Gasteiger partial charge in [-0.2, -0.15) is 11.8 Å². The molecule has 0 spiro atoms. The summed E-state index contributed by atoms with van der Waals surface area (Å²) in [4.78, 5) is 15.2. The summed E-state index contributed by atoms with van der Waals surface area (Å²) < 4.78 is 0.279. The van der Waals surface area contributed by atoms with E-state index in [1.807, 2.05) is 31.8 Å². The summed E-state index contributed by atoms with van der Waals surface area (Å²) in [6, 6.07) is 1.93. The number of aromatic nitrogens is 2. The van der Waals surface area contributed by atoms with Gasteiger partial charge >= 0.3 is 0 Å². The lowest BCUT2D eigenvalue weighted by molar-refractivity contribution is 0.375. The Labute approximate surface area is 125 Å². The maximum atomic E-state index is 4.40. The second-order valence-electron chi connectivity index (χ2n) is 5.53. The van der Waals surface area contributed by atoms with Crippen molar-refractivity contribution in [1.29, 1.82) is 0 Å². The molecule has 0 saturated carbocycles. The molecule has 0 unspecified atom stereocenters. The summed E-state index contributed by atoms with van der Waals surface area (Å²) in [5, 5.41) is 3.40. The van der Waals surface area contributed by atoms with Crippen molar-refractivity contribution in [2.75, 3.05) is 25.9 Å². The van der Waals surface area contributed by atoms with E-state index in [9.17, 15) is 0 Å². The van der Waals surface area contributed by atoms with Gasteiger partial charge in [0, 0.05) is 36.8 Å². The Morgan fingerprint density at radius 3 is 3.00 bits per heavy atom. The van der Waals surface area contributed by atoms with Crippen LogP contribution in [0.2, 0.25) is 0 Å². The molecule has 1 fully saturated rings. The molecule has 0 bridgehead atoms. The van der Waals surface area contributed by atoms with Crippen LogP contribution < -0.4 is 5.32 Å². The molecule has 5 nitrogen and oxygen atoms in total. The summed E-state index contributed by atoms with van der Waals surface area (Å²) in [7, 11) is 1.84. The number of hydrogen-bond acceptors (Lipinski definition) is 4. The minimum Gasteiger partial charge on any atom is -0.351 e. The number of rotatable bonds is 2. The van der Waals surface area contributed by atoms with Gasteiger partial charge in [-0.05, 0) is 26.8 Å². The Balaban J connectivity index is 1.96. The van der Waals surface area contributed by atoms with E-state index in [-0.39, 0.29) is 4.75 Å². The first-order valence-electron chi connectivity index (χ1n) is 6.88. The zero-order chi connectivity index (χ0) is 14.6. The van der Waals surface area contributed by atoms with Crippen LogP contribution in [-0.2, 0) is 6.54 Å². The average Bonchev–Trinajstić information content (AvgIpc) is 2.38. The van der Waals surface area contributed by atoms with Gasteiger partial charge in [0.25, 0.3) is 0 Å². The van der Waals surface area contributed by atoms with Crippen molar-refractivity contribution in [3.05, 3.63) is 23.8 Å². The van der Waals surface area contributed by atoms with Crippen LogP contribution in [0.1, 0.15) is 25.4 Å². The SMILES string of the molecule is CN=C(NCc1ccnc(C)n1)N1CCSC(C)(C)C1. The summed E-state index contributed by atoms with van der Waals surface area (Å²) >= 11 is 2.02. The van der Waals surface area contributed by atoms with Gasteiger partial charge < -0.3 is 10.2 Å². The number of aliphatic imine (C=N–C) groups is 1. The number of guanidine groups is 1. The van der Waals surface area contributed by atoms with Gasteiger partial charge in [0.05, 0.1) is 12.2 Å². The topological polar surface area (TPSA) is 53.4 Å². The van der Waals surface area contributed by atoms with Crippen molar-refractivity contribution in [1.82, 2.24) is 20.2 Å². The van der Waals surface area contributed by atoms with Crippen molar-refractivity contribution in [3.8, 4) is 0 Å². The fourth-order valence-corrected chi connectivity index (χ4v) is 3.41. The maximum absolute atomic E-state index is 4.40. The predicted molar refractivity (Wildman–Crippen MR) is 85.1 cm³/mol. The highest BCUT2D eigenvalue weighted by Gasteiger charge is 2.28. The van der Waals surface area contributed by atoms with Gasteiger partial charge in [-0.25, -0.2) is 9.97 Å². The first kappa shape index (κ1) is 15.1. The molecule has 0 radical (unpaired) electrons. The Hall–Kier alpha value is -1.30. The number of aryl methyl sites for hydroxylation is 1. The van der Waals surface area contributed by atoms with Crippen LogP contribution in [0, 0.1) is 6.92 Å². The number of nitrogens with zero attached hydrogens (tertiary/aromatic N) is 4. The van der Waals surface area contributed by atoms with Gasteiger partial charge in [0.15, 0.2) is 5.96 Å². The van der Waals surface area contributed by atoms with Crippen LogP contribution in [0.3, 0.4) is 0 Å². The fourth-order valence-electron chi connectivity index (χ4n) is 2.30. The summed E-state index contributed by atoms with van der Waals surface area (Å²) in [5.41, 5.74) is 0.990. The predicted octanol–water partition coefficient (Wildman–Crippen LogP) is 1.69. The molecule has 110 valence electrons. The van der Waals surface area contributed by atoms with Crippen LogP contribution >= 0.6 is 11.8 Å². The highest BCUT2D eigenvalue weighted by atomic mass is 32.2. The molecule has 0 atom stereocenters. The zero-order valence-electron chi connectivity index (χ0n) is 12.7. The van der Waals surface area contributed by atoms with Gasteiger partial charge in [0.1, 0.15) is 5.82 Å². The Morgan fingerprint density at radius 2 is 2.35 bits per heavy atom. The van der Waals surface area contributed by atoms with Crippen molar-refractivity contribution in [2.24, 2.45) is 4.99 Å². The Morgan fingerprint density at radius 1 is 1.55 bits per heavy atom. The third-order valence-corrected chi connectivity index (χ3v) is 4.50. The lowest BCUT2D eigenvalue weighted by Gasteiger charge is -2.39. The second kappa shape index (κ2) is 6.43. The lowest BCUT2D eigenvalue weighted by atomic mass is 10.2. The van der Waals surface area contributed by atoms with Gasteiger partial charge in [-0.15, -0.1) is 0 Å². The standard InChI is InChI=1S/C14H23N5S/c1-11-16-6-5-12(18-11)9-17-13(15-4)19-7-8-20-14(2,3)10-19/h5-6H,7-10H2,1-4H3,(H,15,17). The fraction of sp³-hybridized carbons (Fsp3) is 0.643. The van der Waals surface area contributed by atoms with Crippen molar-refractivity contribution in [3.63, 3.8) is 0 Å². The van der Waals surface area contributed by atoms with Crippen LogP contribution in [-0.4, -0.2) is 51.5 Å². The van der Waals surface area contributed by atoms with E-state index in [2.05, 4.69) is 39.0 Å². The second-order valence-corrected chi connectivity index (χ2v) is 7.33. The molecule has 0 aliphatic carbocycles. The van der Waals surface area contributed by atoms with Crippen LogP contribution in [0.4, 0.5) is 0 Å². The molecule has 0 aromatic carbocycles. The lowest BCUT2D eigenvalue weighted by Crippen LogP contribution is -2.50. The molecule has 2 heterocycles. The molecular formula is C14H23N5S. The van der Waals surface area contributed by atoms with Crippen LogP contribution in [0.25, 0.3) is 0 Å². The molecule has 1 saturated heterocycles. The molecule has 1 aromatic rings. The molecule has 2 rings (SSSR count). The number of thioether (sulfide) groups is 1. The normalized spacial score (nSPS) is 19.0. The summed E-state index contributed by atoms with van der Waals surface area (Å²) in [6.45, 7) is 9.20. The molecule has 1 aliphatic heterocycles. The quantitative estimate of drug-likeness (QED) is 0.664. The van der Waals surface area contributed by atoms with E-state index in [0.717, 1.165) is 36.3 Å². The zero-order valence-corrected chi connectivity index (χ0v) is 13.5. The molecule has 0 amide bonds. The minimum absolute atomic E-state index is 0.279. The van der Waals surface area contributed by atoms with Crippen LogP contribution in [0.15, 0.2) is 17.3 Å². The maximum Gasteiger partial charge on any atom is 0.194 e. The van der Waals surface area contributed by atoms with E-state index in [1.54, 1.807) is 6.20 Å². The van der Waals surface area contributed by atoms with E-state index in [4.69, 9.17) is 0 Å². The Kier molecular flexibility index (Phi) is 4.86. The molecular weight excluding hydrogens is 270 g/mol. The van der Waals surface area contributed by atoms with Gasteiger partial charge in [0.2, 0.25) is 0 Å². The first-order valence-corrected chi connectivity index (χ1v) is 7.87. The molecule has 1 N–H and O–H groups in total. The summed E-state index contributed by atoms with van der Waals surface area (Å²) in [5.74, 6) is 2.89.